The maximum atomic E-state index is 4.95. The van der Waals surface area contributed by atoms with Gasteiger partial charge >= 0.3 is 0 Å². The summed E-state index contributed by atoms with van der Waals surface area (Å²) in [5.41, 5.74) is 1.04. The average Bonchev–Trinajstić information content (AvgIpc) is 2.90. The summed E-state index contributed by atoms with van der Waals surface area (Å²) >= 11 is 0. The van der Waals surface area contributed by atoms with Crippen molar-refractivity contribution in [1.82, 2.24) is 15.4 Å². The molecule has 2 rings (SSSR count). The van der Waals surface area contributed by atoms with E-state index in [2.05, 4.69) is 43.1 Å². The fourth-order valence-electron chi connectivity index (χ4n) is 2.89. The maximum Gasteiger partial charge on any atom is 0.124 e. The van der Waals surface area contributed by atoms with Gasteiger partial charge in [0.1, 0.15) is 6.26 Å². The van der Waals surface area contributed by atoms with Gasteiger partial charge < -0.3 is 9.84 Å². The van der Waals surface area contributed by atoms with Gasteiger partial charge in [-0.05, 0) is 11.8 Å². The van der Waals surface area contributed by atoms with Crippen molar-refractivity contribution >= 4 is 0 Å². The van der Waals surface area contributed by atoms with Crippen LogP contribution in [0.25, 0.3) is 0 Å². The molecule has 1 aromatic heterocycles. The van der Waals surface area contributed by atoms with Crippen molar-refractivity contribution in [2.24, 2.45) is 11.8 Å². The first kappa shape index (κ1) is 14.5. The van der Waals surface area contributed by atoms with Gasteiger partial charge in [0.15, 0.2) is 0 Å². The van der Waals surface area contributed by atoms with Crippen molar-refractivity contribution in [3.05, 3.63) is 18.0 Å². The Labute approximate surface area is 116 Å². The van der Waals surface area contributed by atoms with Gasteiger partial charge in [-0.3, -0.25) is 4.90 Å². The molecular formula is C15H27N3O. The highest BCUT2D eigenvalue weighted by molar-refractivity contribution is 4.98. The van der Waals surface area contributed by atoms with E-state index >= 15 is 0 Å². The first-order valence-corrected chi connectivity index (χ1v) is 7.48. The minimum absolute atomic E-state index is 0.581. The van der Waals surface area contributed by atoms with E-state index in [1.807, 2.05) is 6.07 Å². The molecule has 3 atom stereocenters. The van der Waals surface area contributed by atoms with Crippen LogP contribution < -0.4 is 5.32 Å². The third-order valence-electron chi connectivity index (χ3n) is 4.45. The van der Waals surface area contributed by atoms with E-state index in [1.165, 1.54) is 6.42 Å². The van der Waals surface area contributed by atoms with Crippen LogP contribution in [0.4, 0.5) is 0 Å². The number of hydrogen-bond acceptors (Lipinski definition) is 4. The molecule has 0 aromatic carbocycles. The standard InChI is InChI=1S/C15H27N3O/c1-5-12(4)14-10-18(9-13-6-7-19-17-13)15(8-16-14)11(2)3/h6-7,11-12,14-16H,5,8-10H2,1-4H3. The molecule has 19 heavy (non-hydrogen) atoms. The summed E-state index contributed by atoms with van der Waals surface area (Å²) < 4.78 is 4.95. The van der Waals surface area contributed by atoms with E-state index < -0.39 is 0 Å². The summed E-state index contributed by atoms with van der Waals surface area (Å²) in [7, 11) is 0. The molecule has 1 N–H and O–H groups in total. The zero-order valence-corrected chi connectivity index (χ0v) is 12.6. The molecule has 1 fully saturated rings. The van der Waals surface area contributed by atoms with E-state index in [9.17, 15) is 0 Å². The number of nitrogens with zero attached hydrogens (tertiary/aromatic N) is 2. The Morgan fingerprint density at radius 2 is 2.26 bits per heavy atom. The predicted octanol–water partition coefficient (Wildman–Crippen LogP) is 2.52. The second-order valence-electron chi connectivity index (χ2n) is 6.13. The molecule has 4 heteroatoms. The minimum Gasteiger partial charge on any atom is -0.364 e. The third kappa shape index (κ3) is 3.57. The highest BCUT2D eigenvalue weighted by Gasteiger charge is 2.31. The molecule has 0 amide bonds. The molecule has 2 heterocycles. The highest BCUT2D eigenvalue weighted by atomic mass is 16.5. The number of piperazine rings is 1. The van der Waals surface area contributed by atoms with Crippen LogP contribution in [0.3, 0.4) is 0 Å². The average molecular weight is 265 g/mol. The Morgan fingerprint density at radius 3 is 2.84 bits per heavy atom. The Kier molecular flexibility index (Phi) is 4.99. The van der Waals surface area contributed by atoms with E-state index in [1.54, 1.807) is 6.26 Å². The molecule has 0 saturated carbocycles. The van der Waals surface area contributed by atoms with Crippen molar-refractivity contribution in [2.75, 3.05) is 13.1 Å². The van der Waals surface area contributed by atoms with Gasteiger partial charge in [0.05, 0.1) is 5.69 Å². The van der Waals surface area contributed by atoms with Gasteiger partial charge in [0.2, 0.25) is 0 Å². The summed E-state index contributed by atoms with van der Waals surface area (Å²) in [5.74, 6) is 1.37. The second-order valence-corrected chi connectivity index (χ2v) is 6.13. The van der Waals surface area contributed by atoms with E-state index in [-0.39, 0.29) is 0 Å². The summed E-state index contributed by atoms with van der Waals surface area (Å²) in [6.07, 6.45) is 2.88. The summed E-state index contributed by atoms with van der Waals surface area (Å²) in [5, 5.41) is 7.78. The normalized spacial score (nSPS) is 26.8. The van der Waals surface area contributed by atoms with Gasteiger partial charge in [0, 0.05) is 37.8 Å². The number of rotatable bonds is 5. The van der Waals surface area contributed by atoms with Crippen LogP contribution in [-0.2, 0) is 6.54 Å². The van der Waals surface area contributed by atoms with Gasteiger partial charge in [0.25, 0.3) is 0 Å². The largest absolute Gasteiger partial charge is 0.364 e. The Balaban J connectivity index is 2.04. The van der Waals surface area contributed by atoms with Crippen LogP contribution in [0.1, 0.15) is 39.8 Å². The van der Waals surface area contributed by atoms with Crippen molar-refractivity contribution in [2.45, 2.75) is 52.7 Å². The Morgan fingerprint density at radius 1 is 1.47 bits per heavy atom. The molecule has 0 spiro atoms. The SMILES string of the molecule is CCC(C)C1CN(Cc2ccon2)C(C(C)C)CN1. The second kappa shape index (κ2) is 6.53. The monoisotopic (exact) mass is 265 g/mol. The molecule has 1 saturated heterocycles. The molecule has 1 aliphatic heterocycles. The predicted molar refractivity (Wildman–Crippen MR) is 76.8 cm³/mol. The molecule has 1 aliphatic rings. The lowest BCUT2D eigenvalue weighted by Gasteiger charge is -2.43. The van der Waals surface area contributed by atoms with E-state index in [0.717, 1.165) is 25.3 Å². The first-order valence-electron chi connectivity index (χ1n) is 7.48. The number of aromatic nitrogens is 1. The van der Waals surface area contributed by atoms with Gasteiger partial charge in [-0.1, -0.05) is 39.3 Å². The van der Waals surface area contributed by atoms with E-state index in [0.29, 0.717) is 23.9 Å². The van der Waals surface area contributed by atoms with Crippen molar-refractivity contribution < 1.29 is 4.52 Å². The molecule has 0 bridgehead atoms. The third-order valence-corrected chi connectivity index (χ3v) is 4.45. The zero-order chi connectivity index (χ0) is 13.8. The van der Waals surface area contributed by atoms with Crippen LogP contribution in [0.2, 0.25) is 0 Å². The van der Waals surface area contributed by atoms with Crippen LogP contribution in [-0.4, -0.2) is 35.2 Å². The lowest BCUT2D eigenvalue weighted by Crippen LogP contribution is -2.59. The van der Waals surface area contributed by atoms with Crippen LogP contribution in [0.15, 0.2) is 16.9 Å². The summed E-state index contributed by atoms with van der Waals surface area (Å²) in [6.45, 7) is 12.3. The molecule has 1 aromatic rings. The molecule has 0 aliphatic carbocycles. The van der Waals surface area contributed by atoms with E-state index in [4.69, 9.17) is 4.52 Å². The summed E-state index contributed by atoms with van der Waals surface area (Å²) in [6, 6.07) is 3.14. The summed E-state index contributed by atoms with van der Waals surface area (Å²) in [4.78, 5) is 2.57. The molecular weight excluding hydrogens is 238 g/mol. The number of hydrogen-bond donors (Lipinski definition) is 1. The van der Waals surface area contributed by atoms with Gasteiger partial charge in [-0.2, -0.15) is 0 Å². The molecule has 4 nitrogen and oxygen atoms in total. The maximum absolute atomic E-state index is 4.95. The fourth-order valence-corrected chi connectivity index (χ4v) is 2.89. The molecule has 108 valence electrons. The number of nitrogens with one attached hydrogen (secondary N) is 1. The van der Waals surface area contributed by atoms with Crippen LogP contribution in [0, 0.1) is 11.8 Å². The van der Waals surface area contributed by atoms with Crippen molar-refractivity contribution in [1.29, 1.82) is 0 Å². The topological polar surface area (TPSA) is 41.3 Å². The quantitative estimate of drug-likeness (QED) is 0.888. The minimum atomic E-state index is 0.581. The highest BCUT2D eigenvalue weighted by Crippen LogP contribution is 2.21. The van der Waals surface area contributed by atoms with Crippen LogP contribution in [0.5, 0.6) is 0 Å². The smallest absolute Gasteiger partial charge is 0.124 e. The van der Waals surface area contributed by atoms with Crippen molar-refractivity contribution in [3.8, 4) is 0 Å². The first-order chi connectivity index (χ1) is 9.11. The molecule has 0 radical (unpaired) electrons. The Hall–Kier alpha value is -0.870. The lowest BCUT2D eigenvalue weighted by atomic mass is 9.92. The zero-order valence-electron chi connectivity index (χ0n) is 12.6. The van der Waals surface area contributed by atoms with Crippen molar-refractivity contribution in [3.63, 3.8) is 0 Å². The van der Waals surface area contributed by atoms with Gasteiger partial charge in [-0.25, -0.2) is 0 Å². The Bertz CT molecular complexity index is 363. The molecule has 3 unspecified atom stereocenters. The van der Waals surface area contributed by atoms with Crippen LogP contribution >= 0.6 is 0 Å². The van der Waals surface area contributed by atoms with Gasteiger partial charge in [-0.15, -0.1) is 0 Å². The lowest BCUT2D eigenvalue weighted by molar-refractivity contribution is 0.0732. The fraction of sp³-hybridized carbons (Fsp3) is 0.800.